The first-order valence-corrected chi connectivity index (χ1v) is 6.54. The van der Waals surface area contributed by atoms with E-state index >= 15 is 0 Å². The van der Waals surface area contributed by atoms with Crippen molar-refractivity contribution in [2.75, 3.05) is 26.2 Å². The first-order valence-electron chi connectivity index (χ1n) is 6.54. The zero-order chi connectivity index (χ0) is 12.8. The van der Waals surface area contributed by atoms with Crippen molar-refractivity contribution in [3.63, 3.8) is 0 Å². The van der Waals surface area contributed by atoms with Crippen molar-refractivity contribution in [3.05, 3.63) is 0 Å². The lowest BCUT2D eigenvalue weighted by Gasteiger charge is -2.36. The predicted octanol–water partition coefficient (Wildman–Crippen LogP) is 1.36. The SMILES string of the molecule is O=C(O)N1CCC2(CC1)CN(CC1CC1)C(=O)O2. The standard InChI is InChI=1S/C12H18N2O4/c15-10(16)13-5-3-12(4-6-13)8-14(11(17)18-12)7-9-1-2-9/h9H,1-8H2,(H,15,16). The molecule has 0 radical (unpaired) electrons. The first kappa shape index (κ1) is 11.6. The zero-order valence-electron chi connectivity index (χ0n) is 10.3. The molecule has 2 aliphatic heterocycles. The Morgan fingerprint density at radius 1 is 1.39 bits per heavy atom. The summed E-state index contributed by atoms with van der Waals surface area (Å²) >= 11 is 0. The van der Waals surface area contributed by atoms with E-state index in [1.165, 1.54) is 17.7 Å². The molecule has 1 saturated carbocycles. The number of rotatable bonds is 2. The summed E-state index contributed by atoms with van der Waals surface area (Å²) in [4.78, 5) is 25.8. The van der Waals surface area contributed by atoms with Crippen molar-refractivity contribution in [1.82, 2.24) is 9.80 Å². The molecule has 6 nitrogen and oxygen atoms in total. The highest BCUT2D eigenvalue weighted by Gasteiger charge is 2.48. The molecule has 6 heteroatoms. The molecule has 3 aliphatic rings. The number of likely N-dealkylation sites (tertiary alicyclic amines) is 1. The van der Waals surface area contributed by atoms with Crippen LogP contribution in [0.3, 0.4) is 0 Å². The number of carbonyl (C=O) groups excluding carboxylic acids is 1. The minimum atomic E-state index is -0.885. The Morgan fingerprint density at radius 3 is 2.61 bits per heavy atom. The Hall–Kier alpha value is -1.46. The average molecular weight is 254 g/mol. The summed E-state index contributed by atoms with van der Waals surface area (Å²) in [6, 6.07) is 0. The first-order chi connectivity index (χ1) is 8.58. The summed E-state index contributed by atoms with van der Waals surface area (Å²) in [7, 11) is 0. The van der Waals surface area contributed by atoms with Crippen molar-refractivity contribution >= 4 is 12.2 Å². The van der Waals surface area contributed by atoms with E-state index in [4.69, 9.17) is 9.84 Å². The fraction of sp³-hybridized carbons (Fsp3) is 0.833. The number of carbonyl (C=O) groups is 2. The van der Waals surface area contributed by atoms with E-state index in [9.17, 15) is 9.59 Å². The molecule has 0 aromatic rings. The normalized spacial score (nSPS) is 26.6. The number of carboxylic acid groups (broad SMARTS) is 1. The van der Waals surface area contributed by atoms with E-state index in [1.807, 2.05) is 0 Å². The van der Waals surface area contributed by atoms with Gasteiger partial charge in [-0.15, -0.1) is 0 Å². The van der Waals surface area contributed by atoms with Gasteiger partial charge in [0.15, 0.2) is 0 Å². The molecule has 0 bridgehead atoms. The van der Waals surface area contributed by atoms with Crippen molar-refractivity contribution < 1.29 is 19.4 Å². The Bertz CT molecular complexity index is 372. The summed E-state index contributed by atoms with van der Waals surface area (Å²) in [5.41, 5.74) is -0.433. The molecule has 0 unspecified atom stereocenters. The summed E-state index contributed by atoms with van der Waals surface area (Å²) in [6.07, 6.45) is 2.56. The minimum absolute atomic E-state index is 0.217. The van der Waals surface area contributed by atoms with Gasteiger partial charge in [0, 0.05) is 32.5 Å². The number of ether oxygens (including phenoxy) is 1. The van der Waals surface area contributed by atoms with Crippen LogP contribution in [0.5, 0.6) is 0 Å². The number of hydrogen-bond donors (Lipinski definition) is 1. The highest BCUT2D eigenvalue weighted by atomic mass is 16.6. The third-order valence-corrected chi connectivity index (χ3v) is 4.16. The van der Waals surface area contributed by atoms with Gasteiger partial charge in [0.2, 0.25) is 0 Å². The lowest BCUT2D eigenvalue weighted by molar-refractivity contribution is 0.00432. The number of amides is 2. The van der Waals surface area contributed by atoms with E-state index in [2.05, 4.69) is 0 Å². The zero-order valence-corrected chi connectivity index (χ0v) is 10.3. The van der Waals surface area contributed by atoms with Crippen LogP contribution in [0.1, 0.15) is 25.7 Å². The van der Waals surface area contributed by atoms with Gasteiger partial charge in [0.25, 0.3) is 0 Å². The van der Waals surface area contributed by atoms with Crippen molar-refractivity contribution in [2.45, 2.75) is 31.3 Å². The molecule has 2 saturated heterocycles. The summed E-state index contributed by atoms with van der Waals surface area (Å²) < 4.78 is 5.53. The Balaban J connectivity index is 1.60. The topological polar surface area (TPSA) is 70.1 Å². The average Bonchev–Trinajstić information content (AvgIpc) is 3.07. The van der Waals surface area contributed by atoms with Gasteiger partial charge in [-0.1, -0.05) is 0 Å². The van der Waals surface area contributed by atoms with Gasteiger partial charge in [-0.05, 0) is 18.8 Å². The predicted molar refractivity (Wildman–Crippen MR) is 62.3 cm³/mol. The van der Waals surface area contributed by atoms with Crippen LogP contribution in [0.2, 0.25) is 0 Å². The van der Waals surface area contributed by atoms with Gasteiger partial charge in [-0.25, -0.2) is 9.59 Å². The molecule has 1 spiro atoms. The Labute approximate surface area is 105 Å². The van der Waals surface area contributed by atoms with E-state index < -0.39 is 11.7 Å². The lowest BCUT2D eigenvalue weighted by Crippen LogP contribution is -2.48. The lowest BCUT2D eigenvalue weighted by atomic mass is 9.91. The summed E-state index contributed by atoms with van der Waals surface area (Å²) in [5.74, 6) is 0.659. The molecule has 18 heavy (non-hydrogen) atoms. The van der Waals surface area contributed by atoms with Crippen LogP contribution in [-0.4, -0.2) is 58.9 Å². The van der Waals surface area contributed by atoms with Gasteiger partial charge >= 0.3 is 12.2 Å². The quantitative estimate of drug-likeness (QED) is 0.807. The maximum Gasteiger partial charge on any atom is 0.410 e. The molecule has 2 heterocycles. The molecule has 3 rings (SSSR count). The molecule has 0 aromatic carbocycles. The van der Waals surface area contributed by atoms with Gasteiger partial charge in [-0.2, -0.15) is 0 Å². The molecule has 1 N–H and O–H groups in total. The second-order valence-electron chi connectivity index (χ2n) is 5.64. The number of piperidine rings is 1. The maximum atomic E-state index is 11.8. The molecular weight excluding hydrogens is 236 g/mol. The van der Waals surface area contributed by atoms with E-state index in [0.29, 0.717) is 38.4 Å². The molecule has 100 valence electrons. The van der Waals surface area contributed by atoms with E-state index in [0.717, 1.165) is 6.54 Å². The number of hydrogen-bond acceptors (Lipinski definition) is 3. The van der Waals surface area contributed by atoms with E-state index in [-0.39, 0.29) is 6.09 Å². The van der Waals surface area contributed by atoms with Crippen molar-refractivity contribution in [2.24, 2.45) is 5.92 Å². The smallest absolute Gasteiger partial charge is 0.410 e. The van der Waals surface area contributed by atoms with E-state index in [1.54, 1.807) is 4.90 Å². The fourth-order valence-electron chi connectivity index (χ4n) is 2.81. The van der Waals surface area contributed by atoms with Crippen LogP contribution in [0, 0.1) is 5.92 Å². The Morgan fingerprint density at radius 2 is 2.06 bits per heavy atom. The third-order valence-electron chi connectivity index (χ3n) is 4.16. The van der Waals surface area contributed by atoms with Crippen LogP contribution in [0.15, 0.2) is 0 Å². The second-order valence-corrected chi connectivity index (χ2v) is 5.64. The number of nitrogens with zero attached hydrogens (tertiary/aromatic N) is 2. The van der Waals surface area contributed by atoms with Crippen LogP contribution in [-0.2, 0) is 4.74 Å². The highest BCUT2D eigenvalue weighted by molar-refractivity contribution is 5.71. The minimum Gasteiger partial charge on any atom is -0.465 e. The molecule has 0 atom stereocenters. The van der Waals surface area contributed by atoms with Crippen LogP contribution in [0.4, 0.5) is 9.59 Å². The van der Waals surface area contributed by atoms with Crippen molar-refractivity contribution in [3.8, 4) is 0 Å². The fourth-order valence-corrected chi connectivity index (χ4v) is 2.81. The summed E-state index contributed by atoms with van der Waals surface area (Å²) in [5, 5.41) is 8.91. The van der Waals surface area contributed by atoms with Crippen LogP contribution in [0.25, 0.3) is 0 Å². The largest absolute Gasteiger partial charge is 0.465 e. The third kappa shape index (κ3) is 2.11. The van der Waals surface area contributed by atoms with Gasteiger partial charge < -0.3 is 19.6 Å². The monoisotopic (exact) mass is 254 g/mol. The molecule has 1 aliphatic carbocycles. The van der Waals surface area contributed by atoms with Crippen LogP contribution < -0.4 is 0 Å². The highest BCUT2D eigenvalue weighted by Crippen LogP contribution is 2.36. The van der Waals surface area contributed by atoms with Gasteiger partial charge in [0.05, 0.1) is 6.54 Å². The van der Waals surface area contributed by atoms with Gasteiger partial charge in [0.1, 0.15) is 5.60 Å². The van der Waals surface area contributed by atoms with Crippen LogP contribution >= 0.6 is 0 Å². The molecule has 3 fully saturated rings. The second kappa shape index (κ2) is 4.03. The Kier molecular flexibility index (Phi) is 2.60. The summed E-state index contributed by atoms with van der Waals surface area (Å²) in [6.45, 7) is 2.36. The molecule has 0 aromatic heterocycles. The molecular formula is C12H18N2O4. The van der Waals surface area contributed by atoms with Crippen molar-refractivity contribution in [1.29, 1.82) is 0 Å². The molecule has 2 amide bonds. The van der Waals surface area contributed by atoms with Gasteiger partial charge in [-0.3, -0.25) is 0 Å². The maximum absolute atomic E-state index is 11.8.